The minimum atomic E-state index is -0.578. The maximum absolute atomic E-state index is 12.0. The van der Waals surface area contributed by atoms with Gasteiger partial charge in [-0.3, -0.25) is 14.3 Å². The zero-order chi connectivity index (χ0) is 16.1. The van der Waals surface area contributed by atoms with Crippen LogP contribution in [0, 0.1) is 0 Å². The Morgan fingerprint density at radius 2 is 2.13 bits per heavy atom. The van der Waals surface area contributed by atoms with E-state index in [1.807, 2.05) is 29.8 Å². The van der Waals surface area contributed by atoms with Crippen LogP contribution < -0.4 is 10.6 Å². The summed E-state index contributed by atoms with van der Waals surface area (Å²) in [5.41, 5.74) is 0. The lowest BCUT2D eigenvalue weighted by Gasteiger charge is -2.17. The standard InChI is InChI=1S/C16H20N4O2S/c21-15(16(22)19-12-5-1-2-6-12)17-11-13(14-7-3-10-23-14)20-9-4-8-18-20/h3-4,7-10,12-13H,1-2,5-6,11H2,(H,17,21)(H,19,22). The van der Waals surface area contributed by atoms with Crippen LogP contribution in [0.3, 0.4) is 0 Å². The highest BCUT2D eigenvalue weighted by molar-refractivity contribution is 7.10. The molecular formula is C16H20N4O2S. The number of carbonyl (C=O) groups is 2. The minimum Gasteiger partial charge on any atom is -0.345 e. The molecular weight excluding hydrogens is 312 g/mol. The number of amides is 2. The lowest BCUT2D eigenvalue weighted by molar-refractivity contribution is -0.139. The summed E-state index contributed by atoms with van der Waals surface area (Å²) in [6, 6.07) is 5.85. The molecule has 2 N–H and O–H groups in total. The van der Waals surface area contributed by atoms with Crippen LogP contribution in [0.15, 0.2) is 36.0 Å². The maximum atomic E-state index is 12.0. The van der Waals surface area contributed by atoms with Crippen molar-refractivity contribution < 1.29 is 9.59 Å². The number of thiophene rings is 1. The Bertz CT molecular complexity index is 599. The van der Waals surface area contributed by atoms with E-state index < -0.39 is 11.8 Å². The second kappa shape index (κ2) is 7.41. The monoisotopic (exact) mass is 332 g/mol. The van der Waals surface area contributed by atoms with E-state index in [-0.39, 0.29) is 12.1 Å². The molecule has 2 aromatic rings. The van der Waals surface area contributed by atoms with Gasteiger partial charge in [-0.05, 0) is 30.4 Å². The smallest absolute Gasteiger partial charge is 0.309 e. The van der Waals surface area contributed by atoms with Crippen molar-refractivity contribution in [3.8, 4) is 0 Å². The summed E-state index contributed by atoms with van der Waals surface area (Å²) in [5, 5.41) is 11.8. The quantitative estimate of drug-likeness (QED) is 0.819. The SMILES string of the molecule is O=C(NCC(c1cccs1)n1cccn1)C(=O)NC1CCCC1. The molecule has 2 amide bonds. The fourth-order valence-corrected chi connectivity index (χ4v) is 3.68. The summed E-state index contributed by atoms with van der Waals surface area (Å²) in [6.45, 7) is 0.332. The average Bonchev–Trinajstić information content (AvgIpc) is 3.31. The first-order chi connectivity index (χ1) is 11.2. The molecule has 0 bridgehead atoms. The number of nitrogens with zero attached hydrogens (tertiary/aromatic N) is 2. The van der Waals surface area contributed by atoms with E-state index >= 15 is 0 Å². The summed E-state index contributed by atoms with van der Waals surface area (Å²) in [7, 11) is 0. The molecule has 3 rings (SSSR count). The molecule has 0 spiro atoms. The van der Waals surface area contributed by atoms with Gasteiger partial charge in [0.25, 0.3) is 0 Å². The molecule has 1 aliphatic carbocycles. The maximum Gasteiger partial charge on any atom is 0.309 e. The van der Waals surface area contributed by atoms with Gasteiger partial charge in [-0.25, -0.2) is 0 Å². The predicted octanol–water partition coefficient (Wildman–Crippen LogP) is 1.71. The normalized spacial score (nSPS) is 16.2. The molecule has 0 aliphatic heterocycles. The summed E-state index contributed by atoms with van der Waals surface area (Å²) in [5.74, 6) is -1.12. The third kappa shape index (κ3) is 3.98. The molecule has 0 radical (unpaired) electrons. The van der Waals surface area contributed by atoms with Gasteiger partial charge in [0, 0.05) is 29.9 Å². The molecule has 1 fully saturated rings. The Labute approximate surface area is 138 Å². The highest BCUT2D eigenvalue weighted by Gasteiger charge is 2.23. The lowest BCUT2D eigenvalue weighted by atomic mass is 10.2. The fourth-order valence-electron chi connectivity index (χ4n) is 2.86. The van der Waals surface area contributed by atoms with Gasteiger partial charge in [0.1, 0.15) is 6.04 Å². The van der Waals surface area contributed by atoms with Crippen molar-refractivity contribution in [3.63, 3.8) is 0 Å². The molecule has 1 aliphatic rings. The van der Waals surface area contributed by atoms with Gasteiger partial charge in [-0.2, -0.15) is 5.10 Å². The molecule has 1 atom stereocenters. The van der Waals surface area contributed by atoms with Crippen LogP contribution in [0.2, 0.25) is 0 Å². The van der Waals surface area contributed by atoms with Crippen molar-refractivity contribution in [1.29, 1.82) is 0 Å². The van der Waals surface area contributed by atoms with Gasteiger partial charge < -0.3 is 10.6 Å². The molecule has 23 heavy (non-hydrogen) atoms. The van der Waals surface area contributed by atoms with Crippen LogP contribution >= 0.6 is 11.3 Å². The molecule has 1 saturated carbocycles. The summed E-state index contributed by atoms with van der Waals surface area (Å²) in [6.07, 6.45) is 7.72. The Morgan fingerprint density at radius 3 is 2.78 bits per heavy atom. The Kier molecular flexibility index (Phi) is 5.07. The molecule has 2 aromatic heterocycles. The minimum absolute atomic E-state index is 0.103. The third-order valence-electron chi connectivity index (χ3n) is 4.07. The number of aromatic nitrogens is 2. The Hall–Kier alpha value is -2.15. The van der Waals surface area contributed by atoms with E-state index in [0.717, 1.165) is 30.6 Å². The molecule has 122 valence electrons. The second-order valence-corrected chi connectivity index (χ2v) is 6.66. The summed E-state index contributed by atoms with van der Waals surface area (Å²) >= 11 is 1.60. The lowest BCUT2D eigenvalue weighted by Crippen LogP contribution is -2.45. The Morgan fingerprint density at radius 1 is 1.30 bits per heavy atom. The van der Waals surface area contributed by atoms with Crippen molar-refractivity contribution in [2.75, 3.05) is 6.54 Å². The van der Waals surface area contributed by atoms with E-state index in [4.69, 9.17) is 0 Å². The van der Waals surface area contributed by atoms with Crippen LogP contribution in [0.25, 0.3) is 0 Å². The zero-order valence-corrected chi connectivity index (χ0v) is 13.6. The topological polar surface area (TPSA) is 76.0 Å². The number of hydrogen-bond donors (Lipinski definition) is 2. The first kappa shape index (κ1) is 15.7. The van der Waals surface area contributed by atoms with E-state index in [1.165, 1.54) is 0 Å². The van der Waals surface area contributed by atoms with Crippen LogP contribution in [0.1, 0.15) is 36.6 Å². The van der Waals surface area contributed by atoms with Crippen molar-refractivity contribution in [2.45, 2.75) is 37.8 Å². The van der Waals surface area contributed by atoms with Gasteiger partial charge in [-0.1, -0.05) is 18.9 Å². The van der Waals surface area contributed by atoms with Crippen molar-refractivity contribution in [1.82, 2.24) is 20.4 Å². The molecule has 0 saturated heterocycles. The molecule has 6 nitrogen and oxygen atoms in total. The first-order valence-electron chi connectivity index (χ1n) is 7.85. The number of carbonyl (C=O) groups excluding carboxylic acids is 2. The van der Waals surface area contributed by atoms with E-state index in [2.05, 4.69) is 15.7 Å². The van der Waals surface area contributed by atoms with Crippen LogP contribution in [-0.4, -0.2) is 34.2 Å². The largest absolute Gasteiger partial charge is 0.345 e. The van der Waals surface area contributed by atoms with E-state index in [1.54, 1.807) is 22.2 Å². The molecule has 0 aromatic carbocycles. The number of rotatable bonds is 5. The van der Waals surface area contributed by atoms with Crippen molar-refractivity contribution >= 4 is 23.2 Å². The van der Waals surface area contributed by atoms with Crippen LogP contribution in [0.4, 0.5) is 0 Å². The van der Waals surface area contributed by atoms with E-state index in [0.29, 0.717) is 6.54 Å². The molecule has 2 heterocycles. The third-order valence-corrected chi connectivity index (χ3v) is 5.04. The fraction of sp³-hybridized carbons (Fsp3) is 0.438. The van der Waals surface area contributed by atoms with Crippen LogP contribution in [-0.2, 0) is 9.59 Å². The van der Waals surface area contributed by atoms with Crippen LogP contribution in [0.5, 0.6) is 0 Å². The van der Waals surface area contributed by atoms with E-state index in [9.17, 15) is 9.59 Å². The summed E-state index contributed by atoms with van der Waals surface area (Å²) in [4.78, 5) is 25.1. The highest BCUT2D eigenvalue weighted by atomic mass is 32.1. The summed E-state index contributed by atoms with van der Waals surface area (Å²) < 4.78 is 1.79. The Balaban J connectivity index is 1.58. The zero-order valence-electron chi connectivity index (χ0n) is 12.8. The van der Waals surface area contributed by atoms with Gasteiger partial charge in [0.15, 0.2) is 0 Å². The van der Waals surface area contributed by atoms with Gasteiger partial charge in [-0.15, -0.1) is 11.3 Å². The van der Waals surface area contributed by atoms with Gasteiger partial charge >= 0.3 is 11.8 Å². The van der Waals surface area contributed by atoms with Gasteiger partial charge in [0.2, 0.25) is 0 Å². The van der Waals surface area contributed by atoms with Gasteiger partial charge in [0.05, 0.1) is 0 Å². The molecule has 7 heteroatoms. The average molecular weight is 332 g/mol. The predicted molar refractivity (Wildman–Crippen MR) is 88.1 cm³/mol. The first-order valence-corrected chi connectivity index (χ1v) is 8.73. The molecule has 1 unspecified atom stereocenters. The van der Waals surface area contributed by atoms with Crippen molar-refractivity contribution in [3.05, 3.63) is 40.8 Å². The number of nitrogens with one attached hydrogen (secondary N) is 2. The highest BCUT2D eigenvalue weighted by Crippen LogP contribution is 2.22. The van der Waals surface area contributed by atoms with Crippen molar-refractivity contribution in [2.24, 2.45) is 0 Å². The second-order valence-electron chi connectivity index (χ2n) is 5.68. The number of hydrogen-bond acceptors (Lipinski definition) is 4.